The third-order valence-corrected chi connectivity index (χ3v) is 0. The molecule has 0 bridgehead atoms. The molecule has 0 unspecified atom stereocenters. The van der Waals surface area contributed by atoms with Crippen LogP contribution in [0.2, 0.25) is 0 Å². The van der Waals surface area contributed by atoms with Gasteiger partial charge in [-0.25, -0.2) is 0 Å². The van der Waals surface area contributed by atoms with Gasteiger partial charge in [0.15, 0.2) is 0 Å². The van der Waals surface area contributed by atoms with Gasteiger partial charge in [-0.3, -0.25) is 0 Å². The fraction of sp³-hybridized carbons (Fsp3) is 0. The summed E-state index contributed by atoms with van der Waals surface area (Å²) in [5, 5.41) is 13.6. The Bertz CT molecular complexity index is 35.9. The first-order valence-electron chi connectivity index (χ1n) is 0.565. The summed E-state index contributed by atoms with van der Waals surface area (Å²) in [5.74, 6) is 0. The van der Waals surface area contributed by atoms with Crippen LogP contribution in [-0.4, -0.2) is 56.4 Å². The van der Waals surface area contributed by atoms with E-state index in [1.165, 1.54) is 0 Å². The molecule has 4 N–H and O–H groups in total. The molecule has 0 radical (unpaired) electrons. The Kier molecular flexibility index (Phi) is 59.5. The quantitative estimate of drug-likeness (QED) is 0.222. The van der Waals surface area contributed by atoms with Crippen LogP contribution in [0.5, 0.6) is 0 Å². The molecule has 0 atom stereocenters. The summed E-state index contributed by atoms with van der Waals surface area (Å²) in [6.45, 7) is 0. The molecule has 0 aliphatic carbocycles. The molecule has 0 aliphatic heterocycles. The van der Waals surface area contributed by atoms with Crippen molar-refractivity contribution in [3.63, 3.8) is 0 Å². The van der Waals surface area contributed by atoms with E-state index < -0.39 is 5.09 Å². The van der Waals surface area contributed by atoms with Crippen LogP contribution in [0.4, 0.5) is 0 Å². The molecular formula is H9BCaN2O3. The fourth-order valence-electron chi connectivity index (χ4n) is 0. The summed E-state index contributed by atoms with van der Waals surface area (Å²) in [5.41, 5.74) is 0. The Hall–Kier alpha value is 0.485. The number of hydrogen-bond donors (Lipinski definition) is 2. The standard InChI is InChI=1S/BH3.Ca.HNO3.H3N.2H/c;;2-1(3)4;;;/h1H3;;(H,2,3,4);1H3;;. The molecule has 0 fully saturated rings. The van der Waals surface area contributed by atoms with Gasteiger partial charge in [0.2, 0.25) is 0 Å². The van der Waals surface area contributed by atoms with Gasteiger partial charge in [0, 0.05) is 0 Å². The number of rotatable bonds is 0. The summed E-state index contributed by atoms with van der Waals surface area (Å²) < 4.78 is 0. The van der Waals surface area contributed by atoms with Crippen LogP contribution < -0.4 is 6.15 Å². The Labute approximate surface area is 72.3 Å². The predicted octanol–water partition coefficient (Wildman–Crippen LogP) is -2.29. The molecular weight excluding hydrogens is 127 g/mol. The first-order chi connectivity index (χ1) is 1.73. The molecule has 0 spiro atoms. The molecule has 0 rings (SSSR count). The Morgan fingerprint density at radius 3 is 1.57 bits per heavy atom. The van der Waals surface area contributed by atoms with Crippen molar-refractivity contribution < 1.29 is 10.3 Å². The molecule has 42 valence electrons. The number of hydrogen-bond acceptors (Lipinski definition) is 3. The molecule has 0 saturated carbocycles. The third kappa shape index (κ3) is 555. The average molecular weight is 136 g/mol. The van der Waals surface area contributed by atoms with Gasteiger partial charge in [0.25, 0.3) is 5.09 Å². The molecule has 7 heteroatoms. The van der Waals surface area contributed by atoms with Gasteiger partial charge in [-0.15, -0.1) is 10.1 Å². The average Bonchev–Trinajstić information content (AvgIpc) is 0.811. The minimum atomic E-state index is -1.50. The molecule has 0 amide bonds. The molecule has 0 aromatic heterocycles. The van der Waals surface area contributed by atoms with Crippen molar-refractivity contribution in [3.05, 3.63) is 10.1 Å². The van der Waals surface area contributed by atoms with Crippen LogP contribution in [-0.2, 0) is 0 Å². The van der Waals surface area contributed by atoms with E-state index in [4.69, 9.17) is 15.3 Å². The van der Waals surface area contributed by atoms with Crippen LogP contribution >= 0.6 is 0 Å². The van der Waals surface area contributed by atoms with Gasteiger partial charge in [-0.1, -0.05) is 0 Å². The maximum atomic E-state index is 8.36. The number of nitrogens with zero attached hydrogens (tertiary/aromatic N) is 1. The van der Waals surface area contributed by atoms with Gasteiger partial charge < -0.3 is 11.4 Å². The molecule has 0 heterocycles. The summed E-state index contributed by atoms with van der Waals surface area (Å²) in [6, 6.07) is 0. The maximum absolute atomic E-state index is 8.36. The van der Waals surface area contributed by atoms with Gasteiger partial charge in [0.05, 0.1) is 8.41 Å². The Balaban J connectivity index is -0.0000000150. The normalized spacial score (nSPS) is 3.43. The third-order valence-electron chi connectivity index (χ3n) is 0. The topological polar surface area (TPSA) is 98.4 Å². The Morgan fingerprint density at radius 2 is 1.57 bits per heavy atom. The van der Waals surface area contributed by atoms with Crippen molar-refractivity contribution in [3.8, 4) is 0 Å². The molecule has 0 saturated heterocycles. The van der Waals surface area contributed by atoms with Gasteiger partial charge in [-0.2, -0.15) is 0 Å². The Morgan fingerprint density at radius 1 is 1.57 bits per heavy atom. The van der Waals surface area contributed by atoms with E-state index in [0.29, 0.717) is 0 Å². The molecule has 0 aromatic rings. The zero-order chi connectivity index (χ0) is 3.58. The summed E-state index contributed by atoms with van der Waals surface area (Å²) in [4.78, 5) is 8.36. The monoisotopic (exact) mass is 136 g/mol. The first-order valence-corrected chi connectivity index (χ1v) is 0.565. The fourth-order valence-corrected chi connectivity index (χ4v) is 0. The van der Waals surface area contributed by atoms with Crippen molar-refractivity contribution in [1.82, 2.24) is 6.15 Å². The van der Waals surface area contributed by atoms with Crippen LogP contribution in [0.3, 0.4) is 0 Å². The summed E-state index contributed by atoms with van der Waals surface area (Å²) >= 11 is 0. The second-order valence-electron chi connectivity index (χ2n) is 0.238. The minimum absolute atomic E-state index is 0. The first kappa shape index (κ1) is 25.9. The second-order valence-corrected chi connectivity index (χ2v) is 0.238. The van der Waals surface area contributed by atoms with Crippen LogP contribution in [0.25, 0.3) is 0 Å². The van der Waals surface area contributed by atoms with Crippen LogP contribution in [0.1, 0.15) is 0 Å². The summed E-state index contributed by atoms with van der Waals surface area (Å²) in [6.07, 6.45) is 0. The molecule has 7 heavy (non-hydrogen) atoms. The van der Waals surface area contributed by atoms with E-state index in [2.05, 4.69) is 0 Å². The predicted molar refractivity (Wildman–Crippen MR) is 32.3 cm³/mol. The SMILES string of the molecule is B.N.O=[N+]([O-])O.[CaH2]. The van der Waals surface area contributed by atoms with Crippen molar-refractivity contribution in [1.29, 1.82) is 0 Å². The van der Waals surface area contributed by atoms with Crippen molar-refractivity contribution in [2.75, 3.05) is 0 Å². The van der Waals surface area contributed by atoms with E-state index in [0.717, 1.165) is 0 Å². The van der Waals surface area contributed by atoms with Crippen molar-refractivity contribution >= 4 is 46.2 Å². The van der Waals surface area contributed by atoms with E-state index >= 15 is 0 Å². The summed E-state index contributed by atoms with van der Waals surface area (Å²) in [7, 11) is 0. The molecule has 5 nitrogen and oxygen atoms in total. The van der Waals surface area contributed by atoms with E-state index in [1.54, 1.807) is 0 Å². The van der Waals surface area contributed by atoms with Crippen LogP contribution in [0.15, 0.2) is 0 Å². The van der Waals surface area contributed by atoms with Gasteiger partial charge in [0.1, 0.15) is 0 Å². The van der Waals surface area contributed by atoms with Crippen molar-refractivity contribution in [2.45, 2.75) is 0 Å². The van der Waals surface area contributed by atoms with E-state index in [1.807, 2.05) is 0 Å². The zero-order valence-corrected chi connectivity index (χ0v) is 2.42. The van der Waals surface area contributed by atoms with Crippen molar-refractivity contribution in [2.24, 2.45) is 0 Å². The van der Waals surface area contributed by atoms with E-state index in [-0.39, 0.29) is 52.3 Å². The van der Waals surface area contributed by atoms with Crippen LogP contribution in [0, 0.1) is 10.1 Å². The molecule has 0 aliphatic rings. The van der Waals surface area contributed by atoms with Gasteiger partial charge >= 0.3 is 37.7 Å². The van der Waals surface area contributed by atoms with E-state index in [9.17, 15) is 0 Å². The zero-order valence-electron chi connectivity index (χ0n) is 2.42. The molecule has 0 aromatic carbocycles. The van der Waals surface area contributed by atoms with Gasteiger partial charge in [-0.05, 0) is 0 Å². The second kappa shape index (κ2) is 16.1.